The van der Waals surface area contributed by atoms with Crippen molar-refractivity contribution in [2.75, 3.05) is 40.8 Å². The van der Waals surface area contributed by atoms with Crippen molar-refractivity contribution in [3.63, 3.8) is 0 Å². The first kappa shape index (κ1) is 21.5. The largest absolute Gasteiger partial charge is 0.497 e. The van der Waals surface area contributed by atoms with Gasteiger partial charge in [0.25, 0.3) is 0 Å². The Morgan fingerprint density at radius 3 is 2.69 bits per heavy atom. The normalized spacial score (nSPS) is 25.6. The zero-order chi connectivity index (χ0) is 19.7. The van der Waals surface area contributed by atoms with E-state index in [1.165, 1.54) is 0 Å². The number of benzene rings is 1. The van der Waals surface area contributed by atoms with Gasteiger partial charge in [0.1, 0.15) is 5.75 Å². The van der Waals surface area contributed by atoms with Gasteiger partial charge in [-0.1, -0.05) is 17.3 Å². The van der Waals surface area contributed by atoms with Gasteiger partial charge >= 0.3 is 0 Å². The molecule has 158 valence electrons. The third-order valence-electron chi connectivity index (χ3n) is 5.90. The van der Waals surface area contributed by atoms with Crippen LogP contribution in [0.1, 0.15) is 48.1 Å². The van der Waals surface area contributed by atoms with Crippen molar-refractivity contribution in [2.45, 2.75) is 30.8 Å². The van der Waals surface area contributed by atoms with E-state index in [2.05, 4.69) is 22.4 Å². The van der Waals surface area contributed by atoms with Gasteiger partial charge in [0.15, 0.2) is 5.82 Å². The topological polar surface area (TPSA) is 83.7 Å². The van der Waals surface area contributed by atoms with Gasteiger partial charge in [-0.3, -0.25) is 9.69 Å². The van der Waals surface area contributed by atoms with Gasteiger partial charge < -0.3 is 19.5 Å². The van der Waals surface area contributed by atoms with Crippen LogP contribution in [0.2, 0.25) is 0 Å². The van der Waals surface area contributed by atoms with E-state index in [-0.39, 0.29) is 36.3 Å². The summed E-state index contributed by atoms with van der Waals surface area (Å²) in [5.41, 5.74) is 1.04. The predicted molar refractivity (Wildman–Crippen MR) is 110 cm³/mol. The summed E-state index contributed by atoms with van der Waals surface area (Å²) < 4.78 is 11.0. The van der Waals surface area contributed by atoms with Crippen LogP contribution in [0.4, 0.5) is 0 Å². The molecule has 3 unspecified atom stereocenters. The molecule has 2 aromatic rings. The molecule has 0 bridgehead atoms. The Hall–Kier alpha value is -2.16. The summed E-state index contributed by atoms with van der Waals surface area (Å²) in [6, 6.07) is 7.81. The van der Waals surface area contributed by atoms with Crippen LogP contribution in [0.3, 0.4) is 0 Å². The first-order chi connectivity index (χ1) is 13.6. The molecule has 8 nitrogen and oxygen atoms in total. The van der Waals surface area contributed by atoms with Gasteiger partial charge in [-0.2, -0.15) is 4.98 Å². The molecule has 29 heavy (non-hydrogen) atoms. The number of hydrogen-bond donors (Lipinski definition) is 1. The number of halogens is 1. The highest BCUT2D eigenvalue weighted by Crippen LogP contribution is 2.42. The molecule has 3 heterocycles. The molecule has 2 aliphatic heterocycles. The van der Waals surface area contributed by atoms with Crippen molar-refractivity contribution in [1.82, 2.24) is 25.3 Å². The average Bonchev–Trinajstić information content (AvgIpc) is 3.20. The third-order valence-corrected chi connectivity index (χ3v) is 5.90. The van der Waals surface area contributed by atoms with Crippen molar-refractivity contribution >= 4 is 18.3 Å². The molecule has 0 radical (unpaired) electrons. The summed E-state index contributed by atoms with van der Waals surface area (Å²) in [7, 11) is 5.57. The molecule has 0 saturated carbocycles. The zero-order valence-electron chi connectivity index (χ0n) is 17.0. The lowest BCUT2D eigenvalue weighted by Gasteiger charge is -2.37. The quantitative estimate of drug-likeness (QED) is 0.809. The number of piperazine rings is 1. The highest BCUT2D eigenvalue weighted by molar-refractivity contribution is 5.85. The Balaban J connectivity index is 0.00000240. The van der Waals surface area contributed by atoms with Crippen LogP contribution in [0, 0.1) is 0 Å². The van der Waals surface area contributed by atoms with Gasteiger partial charge in [-0.25, -0.2) is 0 Å². The summed E-state index contributed by atoms with van der Waals surface area (Å²) in [5.74, 6) is 2.21. The monoisotopic (exact) mass is 421 g/mol. The van der Waals surface area contributed by atoms with E-state index in [9.17, 15) is 4.79 Å². The van der Waals surface area contributed by atoms with Crippen molar-refractivity contribution in [3.05, 3.63) is 41.5 Å². The van der Waals surface area contributed by atoms with Crippen LogP contribution < -0.4 is 10.1 Å². The molecule has 9 heteroatoms. The SMILES string of the molecule is COc1ccc(C2C(c3nc(C4CNCCN4C)no3)CCC(=O)N2C)cc1.Cl. The molecule has 0 aliphatic carbocycles. The van der Waals surface area contributed by atoms with Gasteiger partial charge in [-0.15, -0.1) is 12.4 Å². The van der Waals surface area contributed by atoms with Crippen LogP contribution in [0.5, 0.6) is 5.75 Å². The van der Waals surface area contributed by atoms with E-state index in [1.807, 2.05) is 31.3 Å². The highest BCUT2D eigenvalue weighted by atomic mass is 35.5. The number of aromatic nitrogens is 2. The summed E-state index contributed by atoms with van der Waals surface area (Å²) in [6.45, 7) is 2.72. The molecule has 2 fully saturated rings. The maximum Gasteiger partial charge on any atom is 0.232 e. The molecule has 0 spiro atoms. The van der Waals surface area contributed by atoms with E-state index in [4.69, 9.17) is 14.2 Å². The second kappa shape index (κ2) is 9.11. The number of ether oxygens (including phenoxy) is 1. The maximum atomic E-state index is 12.4. The smallest absolute Gasteiger partial charge is 0.232 e. The van der Waals surface area contributed by atoms with E-state index >= 15 is 0 Å². The summed E-state index contributed by atoms with van der Waals surface area (Å²) in [4.78, 5) is 21.2. The van der Waals surface area contributed by atoms with Crippen molar-refractivity contribution in [3.8, 4) is 5.75 Å². The number of nitrogens with one attached hydrogen (secondary N) is 1. The van der Waals surface area contributed by atoms with Crippen LogP contribution >= 0.6 is 12.4 Å². The minimum absolute atomic E-state index is 0. The van der Waals surface area contributed by atoms with E-state index in [1.54, 1.807) is 12.0 Å². The molecule has 1 aromatic heterocycles. The first-order valence-corrected chi connectivity index (χ1v) is 9.72. The number of hydrogen-bond acceptors (Lipinski definition) is 7. The molecule has 1 aromatic carbocycles. The number of nitrogens with zero attached hydrogens (tertiary/aromatic N) is 4. The molecule has 2 saturated heterocycles. The highest BCUT2D eigenvalue weighted by Gasteiger charge is 2.39. The fourth-order valence-corrected chi connectivity index (χ4v) is 4.18. The number of rotatable bonds is 4. The number of carbonyl (C=O) groups is 1. The second-order valence-corrected chi connectivity index (χ2v) is 7.56. The average molecular weight is 422 g/mol. The second-order valence-electron chi connectivity index (χ2n) is 7.56. The van der Waals surface area contributed by atoms with Crippen LogP contribution in [-0.4, -0.2) is 66.7 Å². The van der Waals surface area contributed by atoms with E-state index < -0.39 is 0 Å². The Morgan fingerprint density at radius 2 is 2.00 bits per heavy atom. The first-order valence-electron chi connectivity index (χ1n) is 9.72. The Bertz CT molecular complexity index is 828. The van der Waals surface area contributed by atoms with Crippen LogP contribution in [-0.2, 0) is 4.79 Å². The van der Waals surface area contributed by atoms with Crippen LogP contribution in [0.15, 0.2) is 28.8 Å². The molecule has 4 rings (SSSR count). The maximum absolute atomic E-state index is 12.4. The summed E-state index contributed by atoms with van der Waals surface area (Å²) in [5, 5.41) is 7.66. The van der Waals surface area contributed by atoms with E-state index in [0.717, 1.165) is 30.9 Å². The minimum atomic E-state index is -0.136. The van der Waals surface area contributed by atoms with Gasteiger partial charge in [0, 0.05) is 33.1 Å². The van der Waals surface area contributed by atoms with Crippen molar-refractivity contribution in [1.29, 1.82) is 0 Å². The molecule has 2 aliphatic rings. The number of piperidine rings is 1. The Morgan fingerprint density at radius 1 is 1.24 bits per heavy atom. The van der Waals surface area contributed by atoms with Gasteiger partial charge in [0.2, 0.25) is 11.8 Å². The number of carbonyl (C=O) groups excluding carboxylic acids is 1. The Labute approximate surface area is 177 Å². The molecule has 1 amide bonds. The fourth-order valence-electron chi connectivity index (χ4n) is 4.18. The number of likely N-dealkylation sites (N-methyl/N-ethyl adjacent to an activating group) is 2. The van der Waals surface area contributed by atoms with Crippen molar-refractivity contribution in [2.24, 2.45) is 0 Å². The van der Waals surface area contributed by atoms with Crippen molar-refractivity contribution < 1.29 is 14.1 Å². The minimum Gasteiger partial charge on any atom is -0.497 e. The lowest BCUT2D eigenvalue weighted by Crippen LogP contribution is -2.44. The molecule has 1 N–H and O–H groups in total. The third kappa shape index (κ3) is 4.24. The lowest BCUT2D eigenvalue weighted by molar-refractivity contribution is -0.135. The lowest BCUT2D eigenvalue weighted by atomic mass is 9.84. The molecular weight excluding hydrogens is 394 g/mol. The van der Waals surface area contributed by atoms with Gasteiger partial charge in [-0.05, 0) is 31.2 Å². The number of likely N-dealkylation sites (tertiary alicyclic amines) is 1. The zero-order valence-corrected chi connectivity index (χ0v) is 17.8. The number of methoxy groups -OCH3 is 1. The summed E-state index contributed by atoms with van der Waals surface area (Å²) >= 11 is 0. The molecule has 3 atom stereocenters. The molecular formula is C20H28ClN5O3. The van der Waals surface area contributed by atoms with Gasteiger partial charge in [0.05, 0.1) is 25.1 Å². The van der Waals surface area contributed by atoms with Crippen LogP contribution in [0.25, 0.3) is 0 Å². The Kier molecular flexibility index (Phi) is 6.77. The summed E-state index contributed by atoms with van der Waals surface area (Å²) in [6.07, 6.45) is 1.18. The number of amides is 1. The predicted octanol–water partition coefficient (Wildman–Crippen LogP) is 2.15. The fraction of sp³-hybridized carbons (Fsp3) is 0.550. The standard InChI is InChI=1S/C20H27N5O3.ClH/c1-24-11-10-21-12-16(24)19-22-20(28-23-19)15-8-9-17(26)25(2)18(15)13-4-6-14(27-3)7-5-13;/h4-7,15-16,18,21H,8-12H2,1-3H3;1H. The van der Waals surface area contributed by atoms with E-state index in [0.29, 0.717) is 24.6 Å².